The molecular formula is C14H13NOS. The number of hydrogen-bond donors (Lipinski definition) is 1. The minimum absolute atomic E-state index is 0.0587. The summed E-state index contributed by atoms with van der Waals surface area (Å²) in [4.78, 5) is 12.6. The van der Waals surface area contributed by atoms with Crippen molar-refractivity contribution in [3.63, 3.8) is 0 Å². The summed E-state index contributed by atoms with van der Waals surface area (Å²) in [6, 6.07) is 14.4. The molecule has 1 heterocycles. The Kier molecular flexibility index (Phi) is 2.69. The van der Waals surface area contributed by atoms with Crippen LogP contribution < -0.4 is 5.32 Å². The van der Waals surface area contributed by atoms with Crippen LogP contribution in [0.25, 0.3) is 0 Å². The molecule has 1 aliphatic carbocycles. The molecule has 3 heteroatoms. The number of carbonyl (C=O) groups excluding carboxylic acids is 1. The second-order valence-electron chi connectivity index (χ2n) is 4.31. The predicted octanol–water partition coefficient (Wildman–Crippen LogP) is 3.03. The number of rotatable bonds is 3. The summed E-state index contributed by atoms with van der Waals surface area (Å²) in [5.41, 5.74) is 1.32. The first-order valence-corrected chi connectivity index (χ1v) is 6.62. The quantitative estimate of drug-likeness (QED) is 0.882. The Morgan fingerprint density at radius 3 is 2.71 bits per heavy atom. The Morgan fingerprint density at radius 1 is 1.18 bits per heavy atom. The molecule has 3 rings (SSSR count). The number of hydrogen-bond acceptors (Lipinski definition) is 2. The van der Waals surface area contributed by atoms with Crippen LogP contribution in [0.4, 0.5) is 0 Å². The highest BCUT2D eigenvalue weighted by Crippen LogP contribution is 2.40. The van der Waals surface area contributed by atoms with Gasteiger partial charge in [0.05, 0.1) is 4.88 Å². The van der Waals surface area contributed by atoms with Gasteiger partial charge in [0.2, 0.25) is 0 Å². The van der Waals surface area contributed by atoms with E-state index in [4.69, 9.17) is 0 Å². The van der Waals surface area contributed by atoms with Gasteiger partial charge in [0.1, 0.15) is 0 Å². The maximum Gasteiger partial charge on any atom is 0.261 e. The van der Waals surface area contributed by atoms with Crippen molar-refractivity contribution in [2.45, 2.75) is 18.4 Å². The lowest BCUT2D eigenvalue weighted by Gasteiger charge is -2.02. The molecule has 1 aliphatic rings. The fraction of sp³-hybridized carbons (Fsp3) is 0.214. The molecule has 2 unspecified atom stereocenters. The molecule has 2 nitrogen and oxygen atoms in total. The van der Waals surface area contributed by atoms with Crippen molar-refractivity contribution in [3.8, 4) is 0 Å². The van der Waals surface area contributed by atoms with Crippen molar-refractivity contribution in [1.29, 1.82) is 0 Å². The van der Waals surface area contributed by atoms with Crippen molar-refractivity contribution in [2.75, 3.05) is 0 Å². The van der Waals surface area contributed by atoms with Gasteiger partial charge >= 0.3 is 0 Å². The van der Waals surface area contributed by atoms with E-state index in [1.165, 1.54) is 16.9 Å². The molecule has 0 aliphatic heterocycles. The van der Waals surface area contributed by atoms with Gasteiger partial charge in [-0.1, -0.05) is 36.4 Å². The van der Waals surface area contributed by atoms with Crippen molar-refractivity contribution in [3.05, 3.63) is 58.3 Å². The maximum atomic E-state index is 11.8. The van der Waals surface area contributed by atoms with E-state index in [0.717, 1.165) is 11.3 Å². The first kappa shape index (κ1) is 10.5. The summed E-state index contributed by atoms with van der Waals surface area (Å²) in [5.74, 6) is 0.559. The SMILES string of the molecule is O=C(NC1CC1c1ccccc1)c1cccs1. The lowest BCUT2D eigenvalue weighted by molar-refractivity contribution is 0.0954. The fourth-order valence-corrected chi connectivity index (χ4v) is 2.70. The highest BCUT2D eigenvalue weighted by Gasteiger charge is 2.39. The third-order valence-electron chi connectivity index (χ3n) is 3.08. The molecule has 1 saturated carbocycles. The van der Waals surface area contributed by atoms with E-state index in [1.807, 2.05) is 35.7 Å². The first-order valence-electron chi connectivity index (χ1n) is 5.74. The summed E-state index contributed by atoms with van der Waals surface area (Å²) in [5, 5.41) is 5.00. The van der Waals surface area contributed by atoms with E-state index >= 15 is 0 Å². The zero-order chi connectivity index (χ0) is 11.7. The largest absolute Gasteiger partial charge is 0.348 e. The summed E-state index contributed by atoms with van der Waals surface area (Å²) < 4.78 is 0. The fourth-order valence-electron chi connectivity index (χ4n) is 2.07. The van der Waals surface area contributed by atoms with Crippen LogP contribution in [-0.2, 0) is 0 Å². The van der Waals surface area contributed by atoms with Crippen LogP contribution >= 0.6 is 11.3 Å². The summed E-state index contributed by atoms with van der Waals surface area (Å²) in [6.07, 6.45) is 1.06. The van der Waals surface area contributed by atoms with E-state index < -0.39 is 0 Å². The van der Waals surface area contributed by atoms with Gasteiger partial charge in [-0.25, -0.2) is 0 Å². The normalized spacial score (nSPS) is 22.1. The van der Waals surface area contributed by atoms with Crippen molar-refractivity contribution in [1.82, 2.24) is 5.32 Å². The Bertz CT molecular complexity index is 506. The van der Waals surface area contributed by atoms with E-state index in [1.54, 1.807) is 0 Å². The lowest BCUT2D eigenvalue weighted by atomic mass is 10.1. The van der Waals surface area contributed by atoms with Crippen LogP contribution in [-0.4, -0.2) is 11.9 Å². The first-order chi connectivity index (χ1) is 8.34. The van der Waals surface area contributed by atoms with Gasteiger partial charge in [0.25, 0.3) is 5.91 Å². The van der Waals surface area contributed by atoms with Gasteiger partial charge < -0.3 is 5.32 Å². The van der Waals surface area contributed by atoms with Gasteiger partial charge in [-0.15, -0.1) is 11.3 Å². The second-order valence-corrected chi connectivity index (χ2v) is 5.26. The number of thiophene rings is 1. The second kappa shape index (κ2) is 4.34. The monoisotopic (exact) mass is 243 g/mol. The molecule has 17 heavy (non-hydrogen) atoms. The molecule has 1 aromatic heterocycles. The van der Waals surface area contributed by atoms with Crippen LogP contribution in [0.2, 0.25) is 0 Å². The van der Waals surface area contributed by atoms with Gasteiger partial charge in [-0.2, -0.15) is 0 Å². The number of nitrogens with one attached hydrogen (secondary N) is 1. The van der Waals surface area contributed by atoms with Crippen molar-refractivity contribution in [2.24, 2.45) is 0 Å². The Balaban J connectivity index is 1.61. The maximum absolute atomic E-state index is 11.8. The van der Waals surface area contributed by atoms with Gasteiger partial charge in [0, 0.05) is 12.0 Å². The van der Waals surface area contributed by atoms with Gasteiger partial charge in [-0.05, 0) is 23.4 Å². The minimum Gasteiger partial charge on any atom is -0.348 e. The Hall–Kier alpha value is -1.61. The highest BCUT2D eigenvalue weighted by atomic mass is 32.1. The van der Waals surface area contributed by atoms with Crippen molar-refractivity contribution >= 4 is 17.2 Å². The van der Waals surface area contributed by atoms with E-state index in [-0.39, 0.29) is 5.91 Å². The molecule has 2 atom stereocenters. The van der Waals surface area contributed by atoms with E-state index in [2.05, 4.69) is 17.4 Å². The van der Waals surface area contributed by atoms with Crippen LogP contribution in [0.1, 0.15) is 27.6 Å². The van der Waals surface area contributed by atoms with Crippen molar-refractivity contribution < 1.29 is 4.79 Å². The summed E-state index contributed by atoms with van der Waals surface area (Å²) >= 11 is 1.49. The smallest absolute Gasteiger partial charge is 0.261 e. The topological polar surface area (TPSA) is 29.1 Å². The lowest BCUT2D eigenvalue weighted by Crippen LogP contribution is -2.25. The number of carbonyl (C=O) groups is 1. The van der Waals surface area contributed by atoms with Crippen LogP contribution in [0.5, 0.6) is 0 Å². The van der Waals surface area contributed by atoms with Gasteiger partial charge in [-0.3, -0.25) is 4.79 Å². The van der Waals surface area contributed by atoms with E-state index in [0.29, 0.717) is 12.0 Å². The molecule has 1 aromatic carbocycles. The van der Waals surface area contributed by atoms with Crippen LogP contribution in [0.3, 0.4) is 0 Å². The molecule has 1 fully saturated rings. The molecule has 2 aromatic rings. The molecule has 1 amide bonds. The number of amides is 1. The van der Waals surface area contributed by atoms with E-state index in [9.17, 15) is 4.79 Å². The number of benzene rings is 1. The average Bonchev–Trinajstić information content (AvgIpc) is 2.92. The predicted molar refractivity (Wildman–Crippen MR) is 69.4 cm³/mol. The Labute approximate surface area is 104 Å². The van der Waals surface area contributed by atoms with Crippen LogP contribution in [0, 0.1) is 0 Å². The molecule has 0 bridgehead atoms. The van der Waals surface area contributed by atoms with Crippen LogP contribution in [0.15, 0.2) is 47.8 Å². The molecule has 0 spiro atoms. The van der Waals surface area contributed by atoms with Gasteiger partial charge in [0.15, 0.2) is 0 Å². The third kappa shape index (κ3) is 2.24. The standard InChI is InChI=1S/C14H13NOS/c16-14(13-7-4-8-17-13)15-12-9-11(12)10-5-2-1-3-6-10/h1-8,11-12H,9H2,(H,15,16). The Morgan fingerprint density at radius 2 is 2.00 bits per heavy atom. The minimum atomic E-state index is 0.0587. The molecule has 1 N–H and O–H groups in total. The average molecular weight is 243 g/mol. The molecule has 86 valence electrons. The zero-order valence-corrected chi connectivity index (χ0v) is 10.1. The summed E-state index contributed by atoms with van der Waals surface area (Å²) in [7, 11) is 0. The third-order valence-corrected chi connectivity index (χ3v) is 3.95. The molecule has 0 radical (unpaired) electrons. The highest BCUT2D eigenvalue weighted by molar-refractivity contribution is 7.12. The molecular weight excluding hydrogens is 230 g/mol. The molecule has 0 saturated heterocycles. The summed E-state index contributed by atoms with van der Waals surface area (Å²) in [6.45, 7) is 0. The zero-order valence-electron chi connectivity index (χ0n) is 9.30.